The van der Waals surface area contributed by atoms with E-state index in [0.717, 1.165) is 0 Å². The first-order valence-corrected chi connectivity index (χ1v) is 5.46. The molecule has 0 saturated heterocycles. The predicted octanol–water partition coefficient (Wildman–Crippen LogP) is 1.71. The van der Waals surface area contributed by atoms with Crippen LogP contribution in [0.1, 0.15) is 13.3 Å². The minimum atomic E-state index is -0.212. The number of nitrogens with zero attached hydrogens (tertiary/aromatic N) is 2. The molecule has 0 spiro atoms. The summed E-state index contributed by atoms with van der Waals surface area (Å²) < 4.78 is 0. The summed E-state index contributed by atoms with van der Waals surface area (Å²) in [4.78, 5) is 19.0. The van der Waals surface area contributed by atoms with Gasteiger partial charge in [0.25, 0.3) is 0 Å². The second-order valence-electron chi connectivity index (χ2n) is 3.42. The number of halogens is 2. The Morgan fingerprint density at radius 3 is 2.56 bits per heavy atom. The van der Waals surface area contributed by atoms with E-state index in [1.165, 1.54) is 6.33 Å². The van der Waals surface area contributed by atoms with Gasteiger partial charge >= 0.3 is 0 Å². The molecule has 0 radical (unpaired) electrons. The van der Waals surface area contributed by atoms with Gasteiger partial charge in [0, 0.05) is 6.42 Å². The predicted molar refractivity (Wildman–Crippen MR) is 63.5 cm³/mol. The summed E-state index contributed by atoms with van der Waals surface area (Å²) in [5.41, 5.74) is 5.65. The van der Waals surface area contributed by atoms with Crippen molar-refractivity contribution in [2.24, 2.45) is 11.7 Å². The third-order valence-corrected chi connectivity index (χ3v) is 2.53. The van der Waals surface area contributed by atoms with Crippen LogP contribution < -0.4 is 11.1 Å². The number of nitrogens with one attached hydrogen (secondary N) is 1. The van der Waals surface area contributed by atoms with E-state index in [1.807, 2.05) is 6.92 Å². The van der Waals surface area contributed by atoms with Crippen LogP contribution in [0.25, 0.3) is 0 Å². The lowest BCUT2D eigenvalue weighted by atomic mass is 10.1. The van der Waals surface area contributed by atoms with Gasteiger partial charge in [0.15, 0.2) is 10.3 Å². The molecule has 0 bridgehead atoms. The smallest absolute Gasteiger partial charge is 0.224 e. The molecule has 1 atom stereocenters. The Balaban J connectivity index is 2.70. The van der Waals surface area contributed by atoms with Crippen LogP contribution in [0.3, 0.4) is 0 Å². The average molecular weight is 263 g/mol. The van der Waals surface area contributed by atoms with Crippen molar-refractivity contribution in [3.8, 4) is 0 Å². The highest BCUT2D eigenvalue weighted by molar-refractivity contribution is 6.38. The van der Waals surface area contributed by atoms with Gasteiger partial charge in [-0.25, -0.2) is 9.97 Å². The number of rotatable bonds is 4. The van der Waals surface area contributed by atoms with E-state index in [2.05, 4.69) is 15.3 Å². The van der Waals surface area contributed by atoms with E-state index in [-0.39, 0.29) is 27.8 Å². The van der Waals surface area contributed by atoms with Crippen LogP contribution in [-0.2, 0) is 4.79 Å². The first kappa shape index (κ1) is 13.2. The summed E-state index contributed by atoms with van der Waals surface area (Å²) in [7, 11) is 0. The number of carbonyl (C=O) groups excluding carboxylic acids is 1. The Hall–Kier alpha value is -0.910. The lowest BCUT2D eigenvalue weighted by molar-refractivity contribution is -0.116. The Morgan fingerprint density at radius 1 is 1.50 bits per heavy atom. The van der Waals surface area contributed by atoms with Crippen molar-refractivity contribution in [2.45, 2.75) is 13.3 Å². The van der Waals surface area contributed by atoms with Gasteiger partial charge in [0.2, 0.25) is 5.91 Å². The Kier molecular flexibility index (Phi) is 4.92. The summed E-state index contributed by atoms with van der Waals surface area (Å²) >= 11 is 11.5. The van der Waals surface area contributed by atoms with Crippen molar-refractivity contribution in [1.82, 2.24) is 9.97 Å². The molecule has 0 aliphatic rings. The van der Waals surface area contributed by atoms with E-state index in [0.29, 0.717) is 13.0 Å². The van der Waals surface area contributed by atoms with Crippen molar-refractivity contribution in [1.29, 1.82) is 0 Å². The molecule has 0 saturated carbocycles. The van der Waals surface area contributed by atoms with Crippen LogP contribution in [0, 0.1) is 5.92 Å². The summed E-state index contributed by atoms with van der Waals surface area (Å²) in [5.74, 6) is -0.112. The SMILES string of the molecule is CC(CN)CC(=O)Nc1c(Cl)ncnc1Cl. The van der Waals surface area contributed by atoms with Crippen molar-refractivity contribution in [2.75, 3.05) is 11.9 Å². The molecule has 0 aromatic carbocycles. The zero-order valence-electron chi connectivity index (χ0n) is 8.70. The van der Waals surface area contributed by atoms with E-state index in [1.54, 1.807) is 0 Å². The molecule has 0 aliphatic heterocycles. The highest BCUT2D eigenvalue weighted by Crippen LogP contribution is 2.25. The maximum atomic E-state index is 11.5. The lowest BCUT2D eigenvalue weighted by Crippen LogP contribution is -2.20. The fourth-order valence-corrected chi connectivity index (χ4v) is 1.45. The third kappa shape index (κ3) is 3.59. The molecule has 5 nitrogen and oxygen atoms in total. The minimum Gasteiger partial charge on any atom is -0.330 e. The largest absolute Gasteiger partial charge is 0.330 e. The number of aromatic nitrogens is 2. The Labute approximate surface area is 103 Å². The number of hydrogen-bond acceptors (Lipinski definition) is 4. The van der Waals surface area contributed by atoms with Crippen LogP contribution in [0.2, 0.25) is 10.3 Å². The molecule has 3 N–H and O–H groups in total. The fourth-order valence-electron chi connectivity index (χ4n) is 1.04. The molecule has 7 heteroatoms. The highest BCUT2D eigenvalue weighted by Gasteiger charge is 2.13. The average Bonchev–Trinajstić information content (AvgIpc) is 2.23. The molecule has 0 aliphatic carbocycles. The first-order valence-electron chi connectivity index (χ1n) is 4.70. The molecule has 1 heterocycles. The van der Waals surface area contributed by atoms with E-state index in [4.69, 9.17) is 28.9 Å². The maximum absolute atomic E-state index is 11.5. The van der Waals surface area contributed by atoms with Gasteiger partial charge in [0.05, 0.1) is 0 Å². The van der Waals surface area contributed by atoms with Crippen LogP contribution >= 0.6 is 23.2 Å². The minimum absolute atomic E-state index is 0.0992. The molecule has 1 aromatic heterocycles. The summed E-state index contributed by atoms with van der Waals surface area (Å²) in [6.07, 6.45) is 1.53. The van der Waals surface area contributed by atoms with Gasteiger partial charge < -0.3 is 11.1 Å². The molecule has 1 rings (SSSR count). The molecular formula is C9H12Cl2N4O. The standard InChI is InChI=1S/C9H12Cl2N4O/c1-5(3-12)2-6(16)15-7-8(10)13-4-14-9(7)11/h4-5H,2-3,12H2,1H3,(H,15,16). The van der Waals surface area contributed by atoms with Crippen LogP contribution in [0.15, 0.2) is 6.33 Å². The number of nitrogens with two attached hydrogens (primary N) is 1. The highest BCUT2D eigenvalue weighted by atomic mass is 35.5. The third-order valence-electron chi connectivity index (χ3n) is 1.96. The number of hydrogen-bond donors (Lipinski definition) is 2. The molecule has 88 valence electrons. The monoisotopic (exact) mass is 262 g/mol. The quantitative estimate of drug-likeness (QED) is 0.810. The van der Waals surface area contributed by atoms with E-state index in [9.17, 15) is 4.79 Å². The Bertz CT molecular complexity index is 366. The topological polar surface area (TPSA) is 80.9 Å². The summed E-state index contributed by atoms with van der Waals surface area (Å²) in [6, 6.07) is 0. The number of carbonyl (C=O) groups is 1. The molecule has 0 fully saturated rings. The van der Waals surface area contributed by atoms with Gasteiger partial charge in [-0.05, 0) is 12.5 Å². The van der Waals surface area contributed by atoms with Gasteiger partial charge in [-0.2, -0.15) is 0 Å². The van der Waals surface area contributed by atoms with Crippen LogP contribution in [0.4, 0.5) is 5.69 Å². The molecule has 16 heavy (non-hydrogen) atoms. The first-order chi connectivity index (χ1) is 7.54. The second kappa shape index (κ2) is 5.98. The van der Waals surface area contributed by atoms with Crippen LogP contribution in [-0.4, -0.2) is 22.4 Å². The van der Waals surface area contributed by atoms with Crippen molar-refractivity contribution >= 4 is 34.8 Å². The lowest BCUT2D eigenvalue weighted by Gasteiger charge is -2.10. The zero-order chi connectivity index (χ0) is 12.1. The molecule has 1 amide bonds. The van der Waals surface area contributed by atoms with E-state index >= 15 is 0 Å². The van der Waals surface area contributed by atoms with Crippen LogP contribution in [0.5, 0.6) is 0 Å². The van der Waals surface area contributed by atoms with Gasteiger partial charge in [-0.15, -0.1) is 0 Å². The number of amides is 1. The zero-order valence-corrected chi connectivity index (χ0v) is 10.2. The van der Waals surface area contributed by atoms with Gasteiger partial charge in [-0.1, -0.05) is 30.1 Å². The van der Waals surface area contributed by atoms with Crippen molar-refractivity contribution in [3.05, 3.63) is 16.6 Å². The Morgan fingerprint density at radius 2 is 2.06 bits per heavy atom. The van der Waals surface area contributed by atoms with Crippen molar-refractivity contribution < 1.29 is 4.79 Å². The molecule has 1 aromatic rings. The normalized spacial score (nSPS) is 12.2. The van der Waals surface area contributed by atoms with Crippen molar-refractivity contribution in [3.63, 3.8) is 0 Å². The maximum Gasteiger partial charge on any atom is 0.224 e. The van der Waals surface area contributed by atoms with E-state index < -0.39 is 0 Å². The summed E-state index contributed by atoms with van der Waals surface area (Å²) in [5, 5.41) is 2.80. The van der Waals surface area contributed by atoms with Gasteiger partial charge in [0.1, 0.15) is 12.0 Å². The number of anilines is 1. The second-order valence-corrected chi connectivity index (χ2v) is 4.14. The molecule has 1 unspecified atom stereocenters. The molecular weight excluding hydrogens is 251 g/mol. The summed E-state index contributed by atoms with van der Waals surface area (Å²) in [6.45, 7) is 2.32. The van der Waals surface area contributed by atoms with Gasteiger partial charge in [-0.3, -0.25) is 4.79 Å². The fraction of sp³-hybridized carbons (Fsp3) is 0.444.